The molecule has 0 unspecified atom stereocenters. The van der Waals surface area contributed by atoms with Gasteiger partial charge in [-0.15, -0.1) is 11.6 Å². The Balaban J connectivity index is 2.57. The third kappa shape index (κ3) is 3.33. The van der Waals surface area contributed by atoms with Gasteiger partial charge in [-0.3, -0.25) is 0 Å². The molecule has 92 valence electrons. The zero-order valence-electron chi connectivity index (χ0n) is 10.6. The molecule has 5 heteroatoms. The predicted octanol–water partition coefficient (Wildman–Crippen LogP) is 3.94. The second kappa shape index (κ2) is 4.90. The Morgan fingerprint density at radius 1 is 1.44 bits per heavy atom. The zero-order valence-corrected chi connectivity index (χ0v) is 12.4. The molecule has 1 aromatic heterocycles. The Morgan fingerprint density at radius 2 is 2.06 bits per heavy atom. The monoisotopic (exact) mass is 261 g/mol. The van der Waals surface area contributed by atoms with Crippen molar-refractivity contribution in [1.29, 1.82) is 0 Å². The second-order valence-electron chi connectivity index (χ2n) is 5.42. The van der Waals surface area contributed by atoms with E-state index in [2.05, 4.69) is 38.8 Å². The number of rotatable bonds is 4. The van der Waals surface area contributed by atoms with Gasteiger partial charge in [0.2, 0.25) is 5.89 Å². The molecule has 0 spiro atoms. The smallest absolute Gasteiger partial charge is 0.218 e. The van der Waals surface area contributed by atoms with Crippen LogP contribution in [0.3, 0.4) is 0 Å². The van der Waals surface area contributed by atoms with Gasteiger partial charge in [-0.1, -0.05) is 20.8 Å². The molecule has 0 atom stereocenters. The van der Waals surface area contributed by atoms with Crippen molar-refractivity contribution in [3.63, 3.8) is 0 Å². The van der Waals surface area contributed by atoms with E-state index in [9.17, 15) is 0 Å². The van der Waals surface area contributed by atoms with Crippen LogP contribution in [0.1, 0.15) is 32.4 Å². The lowest BCUT2D eigenvalue weighted by Crippen LogP contribution is -2.40. The molecule has 0 amide bonds. The highest BCUT2D eigenvalue weighted by Crippen LogP contribution is 2.36. The van der Waals surface area contributed by atoms with E-state index in [-0.39, 0.29) is 5.04 Å². The van der Waals surface area contributed by atoms with Crippen LogP contribution in [0.15, 0.2) is 10.7 Å². The van der Waals surface area contributed by atoms with E-state index in [1.165, 1.54) is 0 Å². The van der Waals surface area contributed by atoms with Crippen LogP contribution >= 0.6 is 11.6 Å². The zero-order chi connectivity index (χ0) is 12.4. The molecule has 16 heavy (non-hydrogen) atoms. The number of nitrogens with zero attached hydrogens (tertiary/aromatic N) is 1. The first-order chi connectivity index (χ1) is 7.26. The fraction of sp³-hybridized carbons (Fsp3) is 0.727. The van der Waals surface area contributed by atoms with Crippen LogP contribution < -0.4 is 0 Å². The SMILES string of the molecule is CC(C)(C)[Si](C)(C)OCc1nc(CCl)co1. The molecule has 1 heterocycles. The minimum absolute atomic E-state index is 0.203. The van der Waals surface area contributed by atoms with Crippen molar-refractivity contribution in [3.05, 3.63) is 17.8 Å². The summed E-state index contributed by atoms with van der Waals surface area (Å²) in [6.45, 7) is 11.5. The Morgan fingerprint density at radius 3 is 2.50 bits per heavy atom. The molecule has 0 fully saturated rings. The Labute approximate surface area is 103 Å². The molecule has 1 aromatic rings. The topological polar surface area (TPSA) is 35.3 Å². The Hall–Kier alpha value is -0.323. The summed E-state index contributed by atoms with van der Waals surface area (Å²) >= 11 is 5.65. The third-order valence-corrected chi connectivity index (χ3v) is 7.85. The summed E-state index contributed by atoms with van der Waals surface area (Å²) in [5, 5.41) is 0.203. The van der Waals surface area contributed by atoms with Crippen LogP contribution in [0.5, 0.6) is 0 Å². The second-order valence-corrected chi connectivity index (χ2v) is 10.5. The molecular formula is C11H20ClNO2Si. The van der Waals surface area contributed by atoms with Gasteiger partial charge in [0, 0.05) is 0 Å². The van der Waals surface area contributed by atoms with Crippen LogP contribution in [-0.2, 0) is 16.9 Å². The molecule has 0 aromatic carbocycles. The van der Waals surface area contributed by atoms with Gasteiger partial charge < -0.3 is 8.84 Å². The van der Waals surface area contributed by atoms with Crippen molar-refractivity contribution in [1.82, 2.24) is 4.98 Å². The lowest BCUT2D eigenvalue weighted by molar-refractivity contribution is 0.240. The van der Waals surface area contributed by atoms with Crippen molar-refractivity contribution >= 4 is 19.9 Å². The number of oxazole rings is 1. The lowest BCUT2D eigenvalue weighted by atomic mass is 10.2. The maximum absolute atomic E-state index is 5.98. The van der Waals surface area contributed by atoms with Crippen LogP contribution in [-0.4, -0.2) is 13.3 Å². The van der Waals surface area contributed by atoms with Crippen molar-refractivity contribution in [2.75, 3.05) is 0 Å². The molecule has 0 bridgehead atoms. The highest BCUT2D eigenvalue weighted by Gasteiger charge is 2.37. The first kappa shape index (κ1) is 13.7. The standard InChI is InChI=1S/C11H20ClNO2Si/c1-11(2,3)16(4,5)15-8-10-13-9(6-12)7-14-10/h7H,6,8H2,1-5H3. The molecule has 0 radical (unpaired) electrons. The summed E-state index contributed by atoms with van der Waals surface area (Å²) in [5.41, 5.74) is 0.760. The molecule has 1 rings (SSSR count). The van der Waals surface area contributed by atoms with E-state index in [0.717, 1.165) is 5.69 Å². The fourth-order valence-electron chi connectivity index (χ4n) is 0.935. The van der Waals surface area contributed by atoms with Gasteiger partial charge in [0.15, 0.2) is 8.32 Å². The minimum atomic E-state index is -1.72. The third-order valence-electron chi connectivity index (χ3n) is 3.10. The van der Waals surface area contributed by atoms with Gasteiger partial charge in [-0.05, 0) is 18.1 Å². The van der Waals surface area contributed by atoms with Gasteiger partial charge in [0.25, 0.3) is 0 Å². The number of hydrogen-bond acceptors (Lipinski definition) is 3. The number of aromatic nitrogens is 1. The summed E-state index contributed by atoms with van der Waals surface area (Å²) < 4.78 is 11.2. The van der Waals surface area contributed by atoms with E-state index in [0.29, 0.717) is 18.4 Å². The average molecular weight is 262 g/mol. The van der Waals surface area contributed by atoms with E-state index in [4.69, 9.17) is 20.4 Å². The molecule has 0 aliphatic rings. The largest absolute Gasteiger partial charge is 0.446 e. The molecule has 0 aliphatic heterocycles. The van der Waals surface area contributed by atoms with Crippen molar-refractivity contribution in [2.24, 2.45) is 0 Å². The first-order valence-corrected chi connectivity index (χ1v) is 8.84. The number of alkyl halides is 1. The molecule has 0 aliphatic carbocycles. The predicted molar refractivity (Wildman–Crippen MR) is 68.0 cm³/mol. The fourth-order valence-corrected chi connectivity index (χ4v) is 1.98. The quantitative estimate of drug-likeness (QED) is 0.608. The number of halogens is 1. The molecule has 0 saturated carbocycles. The Kier molecular flexibility index (Phi) is 4.21. The summed E-state index contributed by atoms with van der Waals surface area (Å²) in [5.74, 6) is 0.990. The van der Waals surface area contributed by atoms with Gasteiger partial charge in [-0.2, -0.15) is 0 Å². The van der Waals surface area contributed by atoms with Crippen LogP contribution in [0, 0.1) is 0 Å². The Bertz CT molecular complexity index is 344. The summed E-state index contributed by atoms with van der Waals surface area (Å²) in [7, 11) is -1.72. The van der Waals surface area contributed by atoms with E-state index in [1.807, 2.05) is 0 Å². The van der Waals surface area contributed by atoms with Crippen molar-refractivity contribution in [2.45, 2.75) is 51.4 Å². The molecule has 0 saturated heterocycles. The maximum atomic E-state index is 5.98. The van der Waals surface area contributed by atoms with Crippen LogP contribution in [0.4, 0.5) is 0 Å². The average Bonchev–Trinajstić information content (AvgIpc) is 2.60. The molecule has 3 nitrogen and oxygen atoms in total. The van der Waals surface area contributed by atoms with Crippen molar-refractivity contribution < 1.29 is 8.84 Å². The van der Waals surface area contributed by atoms with Gasteiger partial charge in [0.05, 0.1) is 11.6 Å². The lowest BCUT2D eigenvalue weighted by Gasteiger charge is -2.35. The highest BCUT2D eigenvalue weighted by molar-refractivity contribution is 6.74. The highest BCUT2D eigenvalue weighted by atomic mass is 35.5. The molecular weight excluding hydrogens is 242 g/mol. The summed E-state index contributed by atoms with van der Waals surface area (Å²) in [6, 6.07) is 0. The van der Waals surface area contributed by atoms with Gasteiger partial charge in [-0.25, -0.2) is 4.98 Å². The maximum Gasteiger partial charge on any atom is 0.218 e. The van der Waals surface area contributed by atoms with E-state index < -0.39 is 8.32 Å². The van der Waals surface area contributed by atoms with Crippen LogP contribution in [0.2, 0.25) is 18.1 Å². The van der Waals surface area contributed by atoms with Crippen molar-refractivity contribution in [3.8, 4) is 0 Å². The molecule has 0 N–H and O–H groups in total. The van der Waals surface area contributed by atoms with E-state index >= 15 is 0 Å². The first-order valence-electron chi connectivity index (χ1n) is 5.39. The van der Waals surface area contributed by atoms with Gasteiger partial charge >= 0.3 is 0 Å². The summed E-state index contributed by atoms with van der Waals surface area (Å²) in [4.78, 5) is 4.21. The number of hydrogen-bond donors (Lipinski definition) is 0. The van der Waals surface area contributed by atoms with Crippen LogP contribution in [0.25, 0.3) is 0 Å². The van der Waals surface area contributed by atoms with E-state index in [1.54, 1.807) is 6.26 Å². The summed E-state index contributed by atoms with van der Waals surface area (Å²) in [6.07, 6.45) is 1.58. The minimum Gasteiger partial charge on any atom is -0.446 e. The van der Waals surface area contributed by atoms with Gasteiger partial charge in [0.1, 0.15) is 12.9 Å². The normalized spacial score (nSPS) is 13.1.